The van der Waals surface area contributed by atoms with Crippen LogP contribution in [0, 0.1) is 0 Å². The molecule has 0 bridgehead atoms. The maximum atomic E-state index is 4.53. The standard InChI is InChI=1S/C14H19N3/c1-4-14(3,5-2)17-13-15-10-11-8-6-7-9-12(11)16-13/h6-10H,4-5H2,1-3H3,(H,15,16,17). The van der Waals surface area contributed by atoms with Crippen molar-refractivity contribution in [3.05, 3.63) is 30.5 Å². The molecule has 2 aromatic rings. The number of aromatic nitrogens is 2. The van der Waals surface area contributed by atoms with Crippen LogP contribution < -0.4 is 5.32 Å². The second-order valence-corrected chi connectivity index (χ2v) is 4.65. The van der Waals surface area contributed by atoms with Gasteiger partial charge in [-0.2, -0.15) is 0 Å². The van der Waals surface area contributed by atoms with Crippen molar-refractivity contribution in [1.82, 2.24) is 9.97 Å². The third-order valence-electron chi connectivity index (χ3n) is 3.46. The molecule has 0 amide bonds. The van der Waals surface area contributed by atoms with Crippen LogP contribution in [0.15, 0.2) is 30.5 Å². The van der Waals surface area contributed by atoms with Crippen molar-refractivity contribution in [1.29, 1.82) is 0 Å². The second kappa shape index (κ2) is 4.70. The Morgan fingerprint density at radius 3 is 2.59 bits per heavy atom. The van der Waals surface area contributed by atoms with E-state index in [9.17, 15) is 0 Å². The Kier molecular flexibility index (Phi) is 3.27. The fourth-order valence-electron chi connectivity index (χ4n) is 1.73. The maximum Gasteiger partial charge on any atom is 0.223 e. The number of para-hydroxylation sites is 1. The molecule has 0 radical (unpaired) electrons. The number of hydrogen-bond donors (Lipinski definition) is 1. The summed E-state index contributed by atoms with van der Waals surface area (Å²) in [7, 11) is 0. The molecule has 90 valence electrons. The van der Waals surface area contributed by atoms with Crippen LogP contribution >= 0.6 is 0 Å². The van der Waals surface area contributed by atoms with Crippen molar-refractivity contribution in [2.75, 3.05) is 5.32 Å². The highest BCUT2D eigenvalue weighted by Gasteiger charge is 2.20. The molecule has 3 heteroatoms. The van der Waals surface area contributed by atoms with Crippen molar-refractivity contribution in [3.63, 3.8) is 0 Å². The van der Waals surface area contributed by atoms with E-state index in [4.69, 9.17) is 0 Å². The molecular weight excluding hydrogens is 210 g/mol. The topological polar surface area (TPSA) is 37.8 Å². The molecule has 2 rings (SSSR count). The Morgan fingerprint density at radius 2 is 1.88 bits per heavy atom. The molecule has 17 heavy (non-hydrogen) atoms. The third-order valence-corrected chi connectivity index (χ3v) is 3.46. The minimum absolute atomic E-state index is 0.0719. The molecule has 0 spiro atoms. The van der Waals surface area contributed by atoms with Crippen LogP contribution in [-0.2, 0) is 0 Å². The number of nitrogens with zero attached hydrogens (tertiary/aromatic N) is 2. The Labute approximate surface area is 102 Å². The monoisotopic (exact) mass is 229 g/mol. The summed E-state index contributed by atoms with van der Waals surface area (Å²) in [5, 5.41) is 4.50. The normalized spacial score (nSPS) is 11.7. The summed E-state index contributed by atoms with van der Waals surface area (Å²) in [5.41, 5.74) is 1.06. The summed E-state index contributed by atoms with van der Waals surface area (Å²) >= 11 is 0. The molecule has 1 N–H and O–H groups in total. The summed E-state index contributed by atoms with van der Waals surface area (Å²) in [5.74, 6) is 0.718. The molecule has 0 aliphatic carbocycles. The number of fused-ring (bicyclic) bond motifs is 1. The van der Waals surface area contributed by atoms with Gasteiger partial charge in [0.2, 0.25) is 5.95 Å². The van der Waals surface area contributed by atoms with Gasteiger partial charge in [-0.25, -0.2) is 9.97 Å². The van der Waals surface area contributed by atoms with Gasteiger partial charge in [0, 0.05) is 17.1 Å². The van der Waals surface area contributed by atoms with E-state index in [0.717, 1.165) is 29.7 Å². The van der Waals surface area contributed by atoms with E-state index in [2.05, 4.69) is 36.1 Å². The lowest BCUT2D eigenvalue weighted by molar-refractivity contribution is 0.475. The first-order valence-electron chi connectivity index (χ1n) is 6.17. The zero-order valence-corrected chi connectivity index (χ0v) is 10.7. The van der Waals surface area contributed by atoms with E-state index in [1.54, 1.807) is 0 Å². The highest BCUT2D eigenvalue weighted by molar-refractivity contribution is 5.78. The van der Waals surface area contributed by atoms with Crippen LogP contribution in [0.3, 0.4) is 0 Å². The Bertz CT molecular complexity index is 504. The van der Waals surface area contributed by atoms with Crippen LogP contribution in [0.2, 0.25) is 0 Å². The molecule has 0 saturated heterocycles. The molecule has 1 aromatic carbocycles. The van der Waals surface area contributed by atoms with Crippen LogP contribution in [-0.4, -0.2) is 15.5 Å². The molecule has 1 aromatic heterocycles. The molecular formula is C14H19N3. The summed E-state index contributed by atoms with van der Waals surface area (Å²) in [6.45, 7) is 6.56. The zero-order chi connectivity index (χ0) is 12.3. The average molecular weight is 229 g/mol. The lowest BCUT2D eigenvalue weighted by atomic mass is 9.96. The zero-order valence-electron chi connectivity index (χ0n) is 10.7. The average Bonchev–Trinajstić information content (AvgIpc) is 2.38. The van der Waals surface area contributed by atoms with E-state index >= 15 is 0 Å². The van der Waals surface area contributed by atoms with Gasteiger partial charge < -0.3 is 5.32 Å². The van der Waals surface area contributed by atoms with Crippen molar-refractivity contribution in [2.45, 2.75) is 39.2 Å². The molecule has 3 nitrogen and oxygen atoms in total. The van der Waals surface area contributed by atoms with Crippen molar-refractivity contribution >= 4 is 16.9 Å². The predicted octanol–water partition coefficient (Wildman–Crippen LogP) is 3.62. The molecule has 0 unspecified atom stereocenters. The van der Waals surface area contributed by atoms with E-state index in [-0.39, 0.29) is 5.54 Å². The van der Waals surface area contributed by atoms with Gasteiger partial charge in [-0.3, -0.25) is 0 Å². The van der Waals surface area contributed by atoms with Gasteiger partial charge in [0.25, 0.3) is 0 Å². The third kappa shape index (κ3) is 2.54. The Morgan fingerprint density at radius 1 is 1.18 bits per heavy atom. The van der Waals surface area contributed by atoms with Crippen molar-refractivity contribution in [3.8, 4) is 0 Å². The van der Waals surface area contributed by atoms with E-state index in [1.807, 2.05) is 30.5 Å². The number of benzene rings is 1. The first-order valence-corrected chi connectivity index (χ1v) is 6.17. The van der Waals surface area contributed by atoms with E-state index in [0.29, 0.717) is 0 Å². The van der Waals surface area contributed by atoms with Crippen molar-refractivity contribution < 1.29 is 0 Å². The summed E-state index contributed by atoms with van der Waals surface area (Å²) < 4.78 is 0. The molecule has 0 fully saturated rings. The highest BCUT2D eigenvalue weighted by Crippen LogP contribution is 2.20. The summed E-state index contributed by atoms with van der Waals surface area (Å²) in [4.78, 5) is 8.90. The first kappa shape index (κ1) is 11.8. The van der Waals surface area contributed by atoms with Gasteiger partial charge in [-0.1, -0.05) is 32.0 Å². The van der Waals surface area contributed by atoms with Gasteiger partial charge >= 0.3 is 0 Å². The van der Waals surface area contributed by atoms with Gasteiger partial charge in [-0.05, 0) is 25.8 Å². The van der Waals surface area contributed by atoms with Gasteiger partial charge in [-0.15, -0.1) is 0 Å². The number of hydrogen-bond acceptors (Lipinski definition) is 3. The second-order valence-electron chi connectivity index (χ2n) is 4.65. The van der Waals surface area contributed by atoms with Gasteiger partial charge in [0.05, 0.1) is 5.52 Å². The molecule has 0 saturated carbocycles. The molecule has 0 aliphatic heterocycles. The van der Waals surface area contributed by atoms with Gasteiger partial charge in [0.1, 0.15) is 0 Å². The summed E-state index contributed by atoms with van der Waals surface area (Å²) in [6, 6.07) is 8.04. The van der Waals surface area contributed by atoms with Crippen LogP contribution in [0.25, 0.3) is 10.9 Å². The fraction of sp³-hybridized carbons (Fsp3) is 0.429. The smallest absolute Gasteiger partial charge is 0.223 e. The van der Waals surface area contributed by atoms with Crippen LogP contribution in [0.5, 0.6) is 0 Å². The van der Waals surface area contributed by atoms with Crippen molar-refractivity contribution in [2.24, 2.45) is 0 Å². The van der Waals surface area contributed by atoms with E-state index < -0.39 is 0 Å². The van der Waals surface area contributed by atoms with Crippen LogP contribution in [0.1, 0.15) is 33.6 Å². The lowest BCUT2D eigenvalue weighted by Gasteiger charge is -2.28. The number of anilines is 1. The molecule has 1 heterocycles. The summed E-state index contributed by atoms with van der Waals surface area (Å²) in [6.07, 6.45) is 3.98. The maximum absolute atomic E-state index is 4.53. The van der Waals surface area contributed by atoms with E-state index in [1.165, 1.54) is 0 Å². The quantitative estimate of drug-likeness (QED) is 0.870. The molecule has 0 aliphatic rings. The minimum Gasteiger partial charge on any atom is -0.349 e. The molecule has 0 atom stereocenters. The highest BCUT2D eigenvalue weighted by atomic mass is 15.1. The Hall–Kier alpha value is -1.64. The SMILES string of the molecule is CCC(C)(CC)Nc1ncc2ccccc2n1. The number of nitrogens with one attached hydrogen (secondary N) is 1. The lowest BCUT2D eigenvalue weighted by Crippen LogP contribution is -2.33. The number of rotatable bonds is 4. The Balaban J connectivity index is 2.31. The van der Waals surface area contributed by atoms with Gasteiger partial charge in [0.15, 0.2) is 0 Å². The first-order chi connectivity index (χ1) is 8.17. The predicted molar refractivity (Wildman–Crippen MR) is 72.1 cm³/mol. The largest absolute Gasteiger partial charge is 0.349 e. The fourth-order valence-corrected chi connectivity index (χ4v) is 1.73. The minimum atomic E-state index is 0.0719. The van der Waals surface area contributed by atoms with Crippen LogP contribution in [0.4, 0.5) is 5.95 Å².